The number of hydrogen-bond acceptors (Lipinski definition) is 4. The number of carbonyl (C=O) groups is 1. The standard InChI is InChI=1S/C9H16N4O2/c1-13-7(6-11-4-2-3-10)5-8(12-13)9(14)15/h5,11H,2-4,6,10H2,1H3,(H,14,15). The van der Waals surface area contributed by atoms with Crippen LogP contribution in [0.5, 0.6) is 0 Å². The zero-order valence-corrected chi connectivity index (χ0v) is 8.73. The van der Waals surface area contributed by atoms with E-state index in [4.69, 9.17) is 10.8 Å². The van der Waals surface area contributed by atoms with E-state index in [1.807, 2.05) is 0 Å². The average Bonchev–Trinajstić information content (AvgIpc) is 2.55. The lowest BCUT2D eigenvalue weighted by atomic mass is 10.3. The Labute approximate surface area is 88.1 Å². The molecule has 1 aromatic rings. The van der Waals surface area contributed by atoms with E-state index in [0.717, 1.165) is 18.7 Å². The monoisotopic (exact) mass is 212 g/mol. The molecule has 0 spiro atoms. The highest BCUT2D eigenvalue weighted by Crippen LogP contribution is 2.02. The second kappa shape index (κ2) is 5.47. The Morgan fingerprint density at radius 3 is 3.00 bits per heavy atom. The lowest BCUT2D eigenvalue weighted by Crippen LogP contribution is -2.19. The summed E-state index contributed by atoms with van der Waals surface area (Å²) in [6, 6.07) is 1.57. The number of hydrogen-bond donors (Lipinski definition) is 3. The number of aryl methyl sites for hydroxylation is 1. The van der Waals surface area contributed by atoms with Crippen molar-refractivity contribution in [3.63, 3.8) is 0 Å². The summed E-state index contributed by atoms with van der Waals surface area (Å²) >= 11 is 0. The van der Waals surface area contributed by atoms with E-state index in [2.05, 4.69) is 10.4 Å². The quantitative estimate of drug-likeness (QED) is 0.556. The predicted molar refractivity (Wildman–Crippen MR) is 55.5 cm³/mol. The zero-order chi connectivity index (χ0) is 11.3. The summed E-state index contributed by atoms with van der Waals surface area (Å²) in [7, 11) is 1.73. The van der Waals surface area contributed by atoms with Gasteiger partial charge in [-0.2, -0.15) is 5.10 Å². The average molecular weight is 212 g/mol. The van der Waals surface area contributed by atoms with E-state index < -0.39 is 5.97 Å². The molecule has 15 heavy (non-hydrogen) atoms. The number of rotatable bonds is 6. The molecular formula is C9H16N4O2. The summed E-state index contributed by atoms with van der Waals surface area (Å²) in [4.78, 5) is 10.6. The highest BCUT2D eigenvalue weighted by molar-refractivity contribution is 5.85. The van der Waals surface area contributed by atoms with Gasteiger partial charge in [0.1, 0.15) is 0 Å². The molecule has 0 bridgehead atoms. The summed E-state index contributed by atoms with van der Waals surface area (Å²) in [6.07, 6.45) is 0.906. The van der Waals surface area contributed by atoms with Gasteiger partial charge in [-0.15, -0.1) is 0 Å². The summed E-state index contributed by atoms with van der Waals surface area (Å²) in [5.41, 5.74) is 6.27. The summed E-state index contributed by atoms with van der Waals surface area (Å²) in [6.45, 7) is 2.08. The van der Waals surface area contributed by atoms with Crippen molar-refractivity contribution in [1.29, 1.82) is 0 Å². The molecule has 0 atom stereocenters. The van der Waals surface area contributed by atoms with Gasteiger partial charge < -0.3 is 16.2 Å². The summed E-state index contributed by atoms with van der Waals surface area (Å²) in [5, 5.41) is 15.7. The third kappa shape index (κ3) is 3.34. The van der Waals surface area contributed by atoms with Crippen LogP contribution in [0.25, 0.3) is 0 Å². The van der Waals surface area contributed by atoms with E-state index >= 15 is 0 Å². The molecule has 0 unspecified atom stereocenters. The van der Waals surface area contributed by atoms with Crippen molar-refractivity contribution >= 4 is 5.97 Å². The van der Waals surface area contributed by atoms with Crippen molar-refractivity contribution < 1.29 is 9.90 Å². The molecular weight excluding hydrogens is 196 g/mol. The number of nitrogens with zero attached hydrogens (tertiary/aromatic N) is 2. The molecule has 84 valence electrons. The van der Waals surface area contributed by atoms with Crippen LogP contribution in [0.15, 0.2) is 6.07 Å². The topological polar surface area (TPSA) is 93.2 Å². The number of aromatic carboxylic acids is 1. The number of carboxylic acids is 1. The van der Waals surface area contributed by atoms with E-state index in [0.29, 0.717) is 13.1 Å². The van der Waals surface area contributed by atoms with Crippen molar-refractivity contribution in [2.24, 2.45) is 12.8 Å². The van der Waals surface area contributed by atoms with Gasteiger partial charge in [0, 0.05) is 13.6 Å². The number of nitrogens with one attached hydrogen (secondary N) is 1. The van der Waals surface area contributed by atoms with Crippen molar-refractivity contribution in [2.75, 3.05) is 13.1 Å². The highest BCUT2D eigenvalue weighted by Gasteiger charge is 2.10. The van der Waals surface area contributed by atoms with E-state index in [1.54, 1.807) is 17.8 Å². The smallest absolute Gasteiger partial charge is 0.356 e. The Balaban J connectivity index is 2.50. The van der Waals surface area contributed by atoms with Crippen LogP contribution in [-0.4, -0.2) is 33.9 Å². The van der Waals surface area contributed by atoms with Gasteiger partial charge in [-0.25, -0.2) is 4.79 Å². The third-order valence-corrected chi connectivity index (χ3v) is 2.06. The molecule has 0 aromatic carbocycles. The highest BCUT2D eigenvalue weighted by atomic mass is 16.4. The van der Waals surface area contributed by atoms with E-state index in [9.17, 15) is 4.79 Å². The minimum atomic E-state index is -1.00. The van der Waals surface area contributed by atoms with Crippen molar-refractivity contribution in [1.82, 2.24) is 15.1 Å². The Morgan fingerprint density at radius 2 is 2.47 bits per heavy atom. The molecule has 1 rings (SSSR count). The van der Waals surface area contributed by atoms with E-state index in [1.165, 1.54) is 0 Å². The molecule has 6 heteroatoms. The van der Waals surface area contributed by atoms with E-state index in [-0.39, 0.29) is 5.69 Å². The summed E-state index contributed by atoms with van der Waals surface area (Å²) < 4.78 is 1.57. The van der Waals surface area contributed by atoms with Crippen LogP contribution in [0.2, 0.25) is 0 Å². The molecule has 0 radical (unpaired) electrons. The van der Waals surface area contributed by atoms with Crippen LogP contribution >= 0.6 is 0 Å². The molecule has 0 aliphatic rings. The Bertz CT molecular complexity index is 335. The van der Waals surface area contributed by atoms with Gasteiger partial charge in [0.25, 0.3) is 0 Å². The van der Waals surface area contributed by atoms with Gasteiger partial charge in [0.05, 0.1) is 5.69 Å². The van der Waals surface area contributed by atoms with Gasteiger partial charge in [0.2, 0.25) is 0 Å². The van der Waals surface area contributed by atoms with Crippen LogP contribution < -0.4 is 11.1 Å². The lowest BCUT2D eigenvalue weighted by molar-refractivity contribution is 0.0689. The second-order valence-electron chi connectivity index (χ2n) is 3.27. The zero-order valence-electron chi connectivity index (χ0n) is 8.73. The number of carboxylic acid groups (broad SMARTS) is 1. The molecule has 1 heterocycles. The largest absolute Gasteiger partial charge is 0.476 e. The number of nitrogens with two attached hydrogens (primary N) is 1. The van der Waals surface area contributed by atoms with Crippen LogP contribution in [-0.2, 0) is 13.6 Å². The van der Waals surface area contributed by atoms with Crippen LogP contribution in [0.1, 0.15) is 22.6 Å². The number of aromatic nitrogens is 2. The molecule has 1 aromatic heterocycles. The minimum absolute atomic E-state index is 0.0770. The SMILES string of the molecule is Cn1nc(C(=O)O)cc1CNCCCN. The van der Waals surface area contributed by atoms with Crippen LogP contribution in [0, 0.1) is 0 Å². The van der Waals surface area contributed by atoms with Crippen LogP contribution in [0.4, 0.5) is 0 Å². The van der Waals surface area contributed by atoms with Gasteiger partial charge in [-0.1, -0.05) is 0 Å². The fraction of sp³-hybridized carbons (Fsp3) is 0.556. The van der Waals surface area contributed by atoms with Gasteiger partial charge in [0.15, 0.2) is 5.69 Å². The molecule has 4 N–H and O–H groups in total. The van der Waals surface area contributed by atoms with Crippen molar-refractivity contribution in [3.05, 3.63) is 17.5 Å². The first-order valence-electron chi connectivity index (χ1n) is 4.82. The molecule has 0 saturated heterocycles. The molecule has 0 amide bonds. The maximum Gasteiger partial charge on any atom is 0.356 e. The first-order chi connectivity index (χ1) is 7.15. The Hall–Kier alpha value is -1.40. The Morgan fingerprint density at radius 1 is 1.73 bits per heavy atom. The maximum absolute atomic E-state index is 10.6. The Kier molecular flexibility index (Phi) is 4.26. The first-order valence-corrected chi connectivity index (χ1v) is 4.82. The third-order valence-electron chi connectivity index (χ3n) is 2.06. The maximum atomic E-state index is 10.6. The molecule has 0 aliphatic heterocycles. The molecule has 0 saturated carbocycles. The van der Waals surface area contributed by atoms with Gasteiger partial charge in [-0.05, 0) is 25.6 Å². The fourth-order valence-electron chi connectivity index (χ4n) is 1.22. The van der Waals surface area contributed by atoms with Gasteiger partial charge in [-0.3, -0.25) is 4.68 Å². The molecule has 0 aliphatic carbocycles. The lowest BCUT2D eigenvalue weighted by Gasteiger charge is -2.03. The van der Waals surface area contributed by atoms with Gasteiger partial charge >= 0.3 is 5.97 Å². The second-order valence-corrected chi connectivity index (χ2v) is 3.27. The fourth-order valence-corrected chi connectivity index (χ4v) is 1.22. The first kappa shape index (κ1) is 11.7. The predicted octanol–water partition coefficient (Wildman–Crippen LogP) is -0.443. The minimum Gasteiger partial charge on any atom is -0.476 e. The summed E-state index contributed by atoms with van der Waals surface area (Å²) in [5.74, 6) is -1.00. The van der Waals surface area contributed by atoms with Crippen LogP contribution in [0.3, 0.4) is 0 Å². The molecule has 6 nitrogen and oxygen atoms in total. The van der Waals surface area contributed by atoms with Crippen molar-refractivity contribution in [2.45, 2.75) is 13.0 Å². The normalized spacial score (nSPS) is 10.5. The van der Waals surface area contributed by atoms with Crippen molar-refractivity contribution in [3.8, 4) is 0 Å². The molecule has 0 fully saturated rings.